The summed E-state index contributed by atoms with van der Waals surface area (Å²) in [7, 11) is 1.57. The third-order valence-electron chi connectivity index (χ3n) is 2.38. The van der Waals surface area contributed by atoms with Gasteiger partial charge in [0.25, 0.3) is 5.69 Å². The molecule has 74 valence electrons. The number of nitro groups is 1. The highest BCUT2D eigenvalue weighted by Crippen LogP contribution is 2.30. The minimum atomic E-state index is -0.349. The van der Waals surface area contributed by atoms with E-state index in [-0.39, 0.29) is 10.6 Å². The number of nitro benzene ring substituents is 1. The second-order valence-corrected chi connectivity index (χ2v) is 3.15. The molecule has 2 rings (SSSR count). The van der Waals surface area contributed by atoms with Crippen molar-refractivity contribution in [2.45, 2.75) is 13.1 Å². The van der Waals surface area contributed by atoms with Crippen LogP contribution in [-0.4, -0.2) is 17.1 Å². The highest BCUT2D eigenvalue weighted by Gasteiger charge is 2.26. The molecule has 1 heterocycles. The first-order chi connectivity index (χ1) is 6.72. The van der Waals surface area contributed by atoms with Crippen LogP contribution in [0.1, 0.15) is 11.1 Å². The second-order valence-electron chi connectivity index (χ2n) is 3.15. The molecule has 0 saturated heterocycles. The smallest absolute Gasteiger partial charge is 0.274 e. The quantitative estimate of drug-likeness (QED) is 0.528. The van der Waals surface area contributed by atoms with Crippen molar-refractivity contribution in [2.75, 3.05) is 7.11 Å². The Morgan fingerprint density at radius 1 is 1.50 bits per heavy atom. The Kier molecular flexibility index (Phi) is 2.18. The fraction of sp³-hybridized carbons (Fsp3) is 0.333. The van der Waals surface area contributed by atoms with Crippen molar-refractivity contribution >= 4 is 5.69 Å². The van der Waals surface area contributed by atoms with E-state index in [0.717, 1.165) is 11.1 Å². The molecule has 5 heteroatoms. The zero-order valence-corrected chi connectivity index (χ0v) is 7.77. The predicted molar refractivity (Wildman–Crippen MR) is 49.4 cm³/mol. The average molecular weight is 194 g/mol. The molecular formula is C9H10N2O3. The van der Waals surface area contributed by atoms with Crippen molar-refractivity contribution in [3.8, 4) is 0 Å². The second kappa shape index (κ2) is 3.36. The summed E-state index contributed by atoms with van der Waals surface area (Å²) in [4.78, 5) is 15.4. The molecule has 0 bridgehead atoms. The van der Waals surface area contributed by atoms with Crippen LogP contribution in [0.5, 0.6) is 0 Å². The van der Waals surface area contributed by atoms with Gasteiger partial charge in [0.05, 0.1) is 30.7 Å². The Bertz CT molecular complexity index is 378. The van der Waals surface area contributed by atoms with E-state index in [1.165, 1.54) is 6.07 Å². The van der Waals surface area contributed by atoms with Crippen LogP contribution in [0.2, 0.25) is 0 Å². The highest BCUT2D eigenvalue weighted by molar-refractivity contribution is 5.47. The maximum Gasteiger partial charge on any atom is 0.274 e. The third-order valence-corrected chi connectivity index (χ3v) is 2.38. The van der Waals surface area contributed by atoms with E-state index in [9.17, 15) is 10.1 Å². The van der Waals surface area contributed by atoms with Crippen LogP contribution in [0.25, 0.3) is 0 Å². The number of nitrogens with zero attached hydrogens (tertiary/aromatic N) is 2. The summed E-state index contributed by atoms with van der Waals surface area (Å²) in [5.74, 6) is 0. The molecule has 1 aromatic carbocycles. The number of hydroxylamine groups is 2. The Morgan fingerprint density at radius 2 is 2.29 bits per heavy atom. The molecule has 1 aliphatic heterocycles. The summed E-state index contributed by atoms with van der Waals surface area (Å²) in [6.07, 6.45) is 0. The maximum absolute atomic E-state index is 10.7. The van der Waals surface area contributed by atoms with Gasteiger partial charge in [0.1, 0.15) is 0 Å². The number of benzene rings is 1. The molecule has 0 amide bonds. The molecule has 0 radical (unpaired) electrons. The van der Waals surface area contributed by atoms with Gasteiger partial charge in [-0.05, 0) is 5.56 Å². The Morgan fingerprint density at radius 3 is 2.93 bits per heavy atom. The van der Waals surface area contributed by atoms with Gasteiger partial charge >= 0.3 is 0 Å². The fourth-order valence-electron chi connectivity index (χ4n) is 1.67. The fourth-order valence-corrected chi connectivity index (χ4v) is 1.67. The van der Waals surface area contributed by atoms with Gasteiger partial charge in [0.2, 0.25) is 0 Å². The van der Waals surface area contributed by atoms with Crippen molar-refractivity contribution in [2.24, 2.45) is 0 Å². The number of hydrogen-bond donors (Lipinski definition) is 0. The number of fused-ring (bicyclic) bond motifs is 1. The molecule has 5 nitrogen and oxygen atoms in total. The molecule has 0 N–H and O–H groups in total. The van der Waals surface area contributed by atoms with Crippen LogP contribution in [0.4, 0.5) is 5.69 Å². The van der Waals surface area contributed by atoms with Gasteiger partial charge in [-0.25, -0.2) is 0 Å². The van der Waals surface area contributed by atoms with Gasteiger partial charge in [-0.1, -0.05) is 12.1 Å². The molecule has 0 aliphatic carbocycles. The highest BCUT2D eigenvalue weighted by atomic mass is 16.7. The average Bonchev–Trinajstić information content (AvgIpc) is 2.59. The number of hydrogen-bond acceptors (Lipinski definition) is 4. The summed E-state index contributed by atoms with van der Waals surface area (Å²) < 4.78 is 0. The lowest BCUT2D eigenvalue weighted by Crippen LogP contribution is -2.13. The lowest BCUT2D eigenvalue weighted by Gasteiger charge is -2.09. The summed E-state index contributed by atoms with van der Waals surface area (Å²) in [6, 6.07) is 5.12. The monoisotopic (exact) mass is 194 g/mol. The van der Waals surface area contributed by atoms with Crippen LogP contribution >= 0.6 is 0 Å². The molecule has 1 aliphatic rings. The largest absolute Gasteiger partial charge is 0.302 e. The Hall–Kier alpha value is -1.46. The Labute approximate surface area is 81.0 Å². The molecule has 0 atom stereocenters. The van der Waals surface area contributed by atoms with Crippen LogP contribution in [0.3, 0.4) is 0 Å². The molecule has 1 aromatic rings. The minimum Gasteiger partial charge on any atom is -0.302 e. The summed E-state index contributed by atoms with van der Waals surface area (Å²) in [5, 5.41) is 12.4. The first-order valence-corrected chi connectivity index (χ1v) is 4.26. The van der Waals surface area contributed by atoms with Crippen molar-refractivity contribution in [3.63, 3.8) is 0 Å². The van der Waals surface area contributed by atoms with Crippen molar-refractivity contribution < 1.29 is 9.76 Å². The standard InChI is InChI=1S/C9H10N2O3/c1-14-10-5-7-3-2-4-9(11(12)13)8(7)6-10/h2-4H,5-6H2,1H3. The van der Waals surface area contributed by atoms with E-state index in [2.05, 4.69) is 0 Å². The zero-order valence-electron chi connectivity index (χ0n) is 7.77. The van der Waals surface area contributed by atoms with E-state index in [4.69, 9.17) is 4.84 Å². The lowest BCUT2D eigenvalue weighted by atomic mass is 10.1. The van der Waals surface area contributed by atoms with E-state index in [1.54, 1.807) is 18.2 Å². The van der Waals surface area contributed by atoms with E-state index in [1.807, 2.05) is 6.07 Å². The molecule has 0 aromatic heterocycles. The van der Waals surface area contributed by atoms with Gasteiger partial charge in [-0.3, -0.25) is 10.1 Å². The SMILES string of the molecule is CON1Cc2cccc([N+](=O)[O-])c2C1. The summed E-state index contributed by atoms with van der Waals surface area (Å²) in [5.41, 5.74) is 1.92. The topological polar surface area (TPSA) is 55.6 Å². The molecule has 0 fully saturated rings. The minimum absolute atomic E-state index is 0.182. The number of rotatable bonds is 2. The van der Waals surface area contributed by atoms with Gasteiger partial charge in [0, 0.05) is 6.07 Å². The maximum atomic E-state index is 10.7. The summed E-state index contributed by atoms with van der Waals surface area (Å²) in [6.45, 7) is 1.11. The van der Waals surface area contributed by atoms with E-state index >= 15 is 0 Å². The first-order valence-electron chi connectivity index (χ1n) is 4.26. The van der Waals surface area contributed by atoms with Crippen LogP contribution in [-0.2, 0) is 17.9 Å². The van der Waals surface area contributed by atoms with Gasteiger partial charge in [0.15, 0.2) is 0 Å². The molecule has 0 saturated carbocycles. The predicted octanol–water partition coefficient (Wildman–Crippen LogP) is 1.47. The zero-order chi connectivity index (χ0) is 10.1. The van der Waals surface area contributed by atoms with Gasteiger partial charge in [-0.2, -0.15) is 5.06 Å². The van der Waals surface area contributed by atoms with E-state index in [0.29, 0.717) is 13.1 Å². The van der Waals surface area contributed by atoms with Crippen LogP contribution < -0.4 is 0 Å². The van der Waals surface area contributed by atoms with Crippen molar-refractivity contribution in [1.29, 1.82) is 0 Å². The molecule has 14 heavy (non-hydrogen) atoms. The lowest BCUT2D eigenvalue weighted by molar-refractivity contribution is -0.385. The third kappa shape index (κ3) is 1.36. The van der Waals surface area contributed by atoms with Gasteiger partial charge < -0.3 is 4.84 Å². The Balaban J connectivity index is 2.41. The normalized spacial score (nSPS) is 15.5. The first kappa shape index (κ1) is 9.11. The molecule has 0 spiro atoms. The van der Waals surface area contributed by atoms with Crippen molar-refractivity contribution in [3.05, 3.63) is 39.4 Å². The molecular weight excluding hydrogens is 184 g/mol. The van der Waals surface area contributed by atoms with E-state index < -0.39 is 0 Å². The van der Waals surface area contributed by atoms with Crippen LogP contribution in [0.15, 0.2) is 18.2 Å². The van der Waals surface area contributed by atoms with Gasteiger partial charge in [-0.15, -0.1) is 0 Å². The summed E-state index contributed by atoms with van der Waals surface area (Å²) >= 11 is 0. The molecule has 0 unspecified atom stereocenters. The van der Waals surface area contributed by atoms with Crippen LogP contribution in [0, 0.1) is 10.1 Å². The van der Waals surface area contributed by atoms with Crippen molar-refractivity contribution in [1.82, 2.24) is 5.06 Å².